The van der Waals surface area contributed by atoms with E-state index in [1.807, 2.05) is 0 Å². The summed E-state index contributed by atoms with van der Waals surface area (Å²) in [6, 6.07) is 5.32. The van der Waals surface area contributed by atoms with Crippen molar-refractivity contribution < 1.29 is 0 Å². The zero-order valence-electron chi connectivity index (χ0n) is 14.4. The molecule has 1 heteroatoms. The smallest absolute Gasteiger partial charge is 0.00136 e. The Morgan fingerprint density at radius 1 is 1.10 bits per heavy atom. The number of hydrogen-bond acceptors (Lipinski definition) is 1. The topological polar surface area (TPSA) is 12.0 Å². The minimum atomic E-state index is 0.516. The molecule has 0 spiro atoms. The second-order valence-electron chi connectivity index (χ2n) is 8.25. The van der Waals surface area contributed by atoms with Crippen molar-refractivity contribution in [2.45, 2.75) is 66.3 Å². The minimum Gasteiger partial charge on any atom is -0.314 e. The fourth-order valence-electron chi connectivity index (χ4n) is 4.64. The van der Waals surface area contributed by atoms with Crippen LogP contribution in [0.2, 0.25) is 0 Å². The zero-order valence-corrected chi connectivity index (χ0v) is 14.4. The molecule has 1 aromatic carbocycles. The van der Waals surface area contributed by atoms with Gasteiger partial charge in [-0.05, 0) is 80.4 Å². The van der Waals surface area contributed by atoms with Crippen molar-refractivity contribution in [1.29, 1.82) is 0 Å². The van der Waals surface area contributed by atoms with Gasteiger partial charge in [-0.2, -0.15) is 0 Å². The quantitative estimate of drug-likeness (QED) is 0.835. The molecule has 21 heavy (non-hydrogen) atoms. The Labute approximate surface area is 130 Å². The predicted molar refractivity (Wildman–Crippen MR) is 90.8 cm³/mol. The average Bonchev–Trinajstić information content (AvgIpc) is 3.00. The van der Waals surface area contributed by atoms with Gasteiger partial charge in [0.25, 0.3) is 0 Å². The van der Waals surface area contributed by atoms with Gasteiger partial charge in [0.15, 0.2) is 0 Å². The highest BCUT2D eigenvalue weighted by Gasteiger charge is 2.53. The lowest BCUT2D eigenvalue weighted by atomic mass is 9.75. The van der Waals surface area contributed by atoms with Crippen molar-refractivity contribution in [1.82, 2.24) is 5.32 Å². The van der Waals surface area contributed by atoms with Gasteiger partial charge in [0.2, 0.25) is 0 Å². The van der Waals surface area contributed by atoms with Crippen molar-refractivity contribution in [3.8, 4) is 0 Å². The summed E-state index contributed by atoms with van der Waals surface area (Å²) in [5.41, 5.74) is 6.53. The Morgan fingerprint density at radius 2 is 1.67 bits per heavy atom. The van der Waals surface area contributed by atoms with Crippen molar-refractivity contribution in [3.05, 3.63) is 34.4 Å². The number of rotatable bonds is 5. The predicted octanol–water partition coefficient (Wildman–Crippen LogP) is 4.57. The Bertz CT molecular complexity index is 496. The van der Waals surface area contributed by atoms with Crippen LogP contribution in [-0.2, 0) is 6.42 Å². The first-order valence-corrected chi connectivity index (χ1v) is 8.69. The van der Waals surface area contributed by atoms with Gasteiger partial charge in [-0.15, -0.1) is 0 Å². The number of aryl methyl sites for hydroxylation is 3. The van der Waals surface area contributed by atoms with Crippen LogP contribution in [-0.4, -0.2) is 12.6 Å². The average molecular weight is 285 g/mol. The van der Waals surface area contributed by atoms with Crippen molar-refractivity contribution in [2.75, 3.05) is 6.54 Å². The molecule has 0 aromatic heterocycles. The third-order valence-electron chi connectivity index (χ3n) is 5.74. The van der Waals surface area contributed by atoms with E-state index in [2.05, 4.69) is 52.1 Å². The van der Waals surface area contributed by atoms with Crippen LogP contribution in [0.25, 0.3) is 0 Å². The van der Waals surface area contributed by atoms with Crippen LogP contribution in [0.4, 0.5) is 0 Å². The molecule has 1 aromatic rings. The molecule has 0 amide bonds. The van der Waals surface area contributed by atoms with Gasteiger partial charge in [-0.25, -0.2) is 0 Å². The highest BCUT2D eigenvalue weighted by atomic mass is 14.9. The summed E-state index contributed by atoms with van der Waals surface area (Å²) in [6.45, 7) is 12.6. The third-order valence-corrected chi connectivity index (χ3v) is 5.74. The number of fused-ring (bicyclic) bond motifs is 1. The van der Waals surface area contributed by atoms with E-state index in [1.54, 1.807) is 5.56 Å². The van der Waals surface area contributed by atoms with Crippen LogP contribution in [0.5, 0.6) is 0 Å². The highest BCUT2D eigenvalue weighted by Crippen LogP contribution is 2.60. The molecule has 0 saturated heterocycles. The lowest BCUT2D eigenvalue weighted by Gasteiger charge is -2.34. The van der Waals surface area contributed by atoms with Gasteiger partial charge in [0.05, 0.1) is 0 Å². The summed E-state index contributed by atoms with van der Waals surface area (Å²) in [7, 11) is 0. The SMILES string of the molecule is Cc1cc(C)c(CC2(CNC(C)C)CC3CC3C2)c(C)c1. The maximum absolute atomic E-state index is 3.74. The van der Waals surface area contributed by atoms with E-state index in [0.717, 1.165) is 11.8 Å². The van der Waals surface area contributed by atoms with E-state index in [4.69, 9.17) is 0 Å². The maximum Gasteiger partial charge on any atom is 0.00136 e. The summed E-state index contributed by atoms with van der Waals surface area (Å²) >= 11 is 0. The van der Waals surface area contributed by atoms with Crippen LogP contribution in [0.3, 0.4) is 0 Å². The van der Waals surface area contributed by atoms with E-state index >= 15 is 0 Å². The van der Waals surface area contributed by atoms with Crippen LogP contribution in [0.15, 0.2) is 12.1 Å². The zero-order chi connectivity index (χ0) is 15.2. The Hall–Kier alpha value is -0.820. The van der Waals surface area contributed by atoms with Crippen LogP contribution in [0.1, 0.15) is 55.4 Å². The standard InChI is InChI=1S/C20H31N/c1-13(2)21-12-20(9-17-8-18(17)10-20)11-19-15(4)6-14(3)7-16(19)5/h6-7,13,17-18,21H,8-12H2,1-5H3. The molecule has 0 bridgehead atoms. The number of benzene rings is 1. The molecule has 2 unspecified atom stereocenters. The van der Waals surface area contributed by atoms with Crippen molar-refractivity contribution in [2.24, 2.45) is 17.3 Å². The molecule has 2 saturated carbocycles. The molecular weight excluding hydrogens is 254 g/mol. The molecule has 1 N–H and O–H groups in total. The molecular formula is C20H31N. The van der Waals surface area contributed by atoms with Crippen LogP contribution in [0, 0.1) is 38.0 Å². The first kappa shape index (κ1) is 15.1. The van der Waals surface area contributed by atoms with Gasteiger partial charge in [0.1, 0.15) is 0 Å². The summed E-state index contributed by atoms with van der Waals surface area (Å²) in [6.07, 6.45) is 5.68. The van der Waals surface area contributed by atoms with E-state index in [9.17, 15) is 0 Å². The summed E-state index contributed by atoms with van der Waals surface area (Å²) in [4.78, 5) is 0. The first-order valence-electron chi connectivity index (χ1n) is 8.69. The van der Waals surface area contributed by atoms with Gasteiger partial charge in [-0.3, -0.25) is 0 Å². The summed E-state index contributed by atoms with van der Waals surface area (Å²) in [5, 5.41) is 3.74. The highest BCUT2D eigenvalue weighted by molar-refractivity contribution is 5.38. The van der Waals surface area contributed by atoms with Crippen LogP contribution >= 0.6 is 0 Å². The van der Waals surface area contributed by atoms with Gasteiger partial charge >= 0.3 is 0 Å². The molecule has 3 rings (SSSR count). The summed E-state index contributed by atoms with van der Waals surface area (Å²) < 4.78 is 0. The third kappa shape index (κ3) is 3.18. The molecule has 2 fully saturated rings. The Morgan fingerprint density at radius 3 is 2.19 bits per heavy atom. The second-order valence-corrected chi connectivity index (χ2v) is 8.25. The molecule has 0 radical (unpaired) electrons. The van der Waals surface area contributed by atoms with Crippen molar-refractivity contribution in [3.63, 3.8) is 0 Å². The summed E-state index contributed by atoms with van der Waals surface area (Å²) in [5.74, 6) is 2.09. The largest absolute Gasteiger partial charge is 0.314 e. The fraction of sp³-hybridized carbons (Fsp3) is 0.700. The molecule has 2 atom stereocenters. The van der Waals surface area contributed by atoms with E-state index in [-0.39, 0.29) is 0 Å². The second kappa shape index (κ2) is 5.43. The lowest BCUT2D eigenvalue weighted by molar-refractivity contribution is 0.241. The molecule has 0 aliphatic heterocycles. The molecule has 116 valence electrons. The molecule has 2 aliphatic rings. The van der Waals surface area contributed by atoms with Crippen molar-refractivity contribution >= 4 is 0 Å². The maximum atomic E-state index is 3.74. The van der Waals surface area contributed by atoms with E-state index in [1.165, 1.54) is 48.9 Å². The van der Waals surface area contributed by atoms with Gasteiger partial charge in [0, 0.05) is 12.6 Å². The van der Waals surface area contributed by atoms with Gasteiger partial charge in [-0.1, -0.05) is 31.5 Å². The molecule has 0 heterocycles. The monoisotopic (exact) mass is 285 g/mol. The van der Waals surface area contributed by atoms with E-state index < -0.39 is 0 Å². The lowest BCUT2D eigenvalue weighted by Crippen LogP contribution is -2.38. The number of hydrogen-bond donors (Lipinski definition) is 1. The molecule has 2 aliphatic carbocycles. The molecule has 1 nitrogen and oxygen atoms in total. The minimum absolute atomic E-state index is 0.516. The first-order chi connectivity index (χ1) is 9.88. The normalized spacial score (nSPS) is 30.8. The Balaban J connectivity index is 1.82. The number of nitrogens with one attached hydrogen (secondary N) is 1. The fourth-order valence-corrected chi connectivity index (χ4v) is 4.64. The Kier molecular flexibility index (Phi) is 3.90. The van der Waals surface area contributed by atoms with E-state index in [0.29, 0.717) is 11.5 Å². The van der Waals surface area contributed by atoms with Crippen LogP contribution < -0.4 is 5.32 Å². The van der Waals surface area contributed by atoms with Gasteiger partial charge < -0.3 is 5.32 Å².